The van der Waals surface area contributed by atoms with Gasteiger partial charge >= 0.3 is 5.97 Å². The van der Waals surface area contributed by atoms with E-state index in [4.69, 9.17) is 9.47 Å². The zero-order valence-corrected chi connectivity index (χ0v) is 15.5. The molecule has 0 aliphatic carbocycles. The molecule has 0 heterocycles. The first-order valence-electron chi connectivity index (χ1n) is 6.88. The van der Waals surface area contributed by atoms with Crippen LogP contribution in [0.2, 0.25) is 0 Å². The normalized spacial score (nSPS) is 11.3. The van der Waals surface area contributed by atoms with Gasteiger partial charge in [0.15, 0.2) is 0 Å². The number of methoxy groups -OCH3 is 2. The number of rotatable bonds is 9. The number of esters is 1. The number of nitrogens with one attached hydrogen (secondary N) is 2. The van der Waals surface area contributed by atoms with Crippen LogP contribution in [0, 0.1) is 0 Å². The summed E-state index contributed by atoms with van der Waals surface area (Å²) in [6.07, 6.45) is 0.0801. The monoisotopic (exact) mass is 408 g/mol. The highest BCUT2D eigenvalue weighted by molar-refractivity contribution is 9.10. The van der Waals surface area contributed by atoms with E-state index in [2.05, 4.69) is 26.6 Å². The van der Waals surface area contributed by atoms with Gasteiger partial charge in [-0.3, -0.25) is 9.59 Å². The molecule has 0 aliphatic heterocycles. The summed E-state index contributed by atoms with van der Waals surface area (Å²) >= 11 is 3.38. The van der Waals surface area contributed by atoms with Gasteiger partial charge in [-0.05, 0) is 17.7 Å². The molecule has 0 aromatic heterocycles. The van der Waals surface area contributed by atoms with Crippen molar-refractivity contribution in [3.8, 4) is 0 Å². The number of benzene rings is 1. The summed E-state index contributed by atoms with van der Waals surface area (Å²) < 4.78 is 10.5. The largest absolute Gasteiger partial charge is 0.469 e. The topological polar surface area (TPSA) is 76.7 Å². The number of hydrogen-bond acceptors (Lipinski definition) is 5. The Morgan fingerprint density at radius 3 is 2.65 bits per heavy atom. The summed E-state index contributed by atoms with van der Waals surface area (Å²) in [7, 11) is 2.93. The lowest BCUT2D eigenvalue weighted by Crippen LogP contribution is -2.38. The van der Waals surface area contributed by atoms with Crippen LogP contribution in [0.25, 0.3) is 0 Å². The Morgan fingerprint density at radius 1 is 1.30 bits per heavy atom. The summed E-state index contributed by atoms with van der Waals surface area (Å²) in [5.74, 6) is -0.567. The minimum atomic E-state index is -0.429. The van der Waals surface area contributed by atoms with Crippen molar-refractivity contribution >= 4 is 40.2 Å². The number of carbonyl (C=O) groups is 2. The van der Waals surface area contributed by atoms with Gasteiger partial charge in [0, 0.05) is 18.1 Å². The van der Waals surface area contributed by atoms with E-state index in [1.807, 2.05) is 24.3 Å². The van der Waals surface area contributed by atoms with Crippen LogP contribution in [-0.2, 0) is 19.1 Å². The molecule has 2 N–H and O–H groups in total. The second kappa shape index (κ2) is 12.3. The summed E-state index contributed by atoms with van der Waals surface area (Å²) in [4.78, 5) is 23.5. The molecule has 1 atom stereocenters. The number of amides is 1. The summed E-state index contributed by atoms with van der Waals surface area (Å²) in [6, 6.07) is 7.03. The van der Waals surface area contributed by atoms with E-state index < -0.39 is 6.04 Å². The van der Waals surface area contributed by atoms with Crippen LogP contribution in [0.5, 0.6) is 0 Å². The average molecular weight is 410 g/mol. The van der Waals surface area contributed by atoms with Crippen molar-refractivity contribution in [2.24, 2.45) is 0 Å². The van der Waals surface area contributed by atoms with Crippen molar-refractivity contribution in [1.29, 1.82) is 0 Å². The molecule has 0 fully saturated rings. The first-order chi connectivity index (χ1) is 10.6. The fourth-order valence-electron chi connectivity index (χ4n) is 1.85. The standard InChI is InChI=1S/C15H21BrN2O4.ClH/c1-21-7-6-17-10-14(19)18-13(9-15(20)22-2)11-4-3-5-12(16)8-11;/h3-5,8,13,17H,6-7,9-10H2,1-2H3,(H,18,19);1H. The predicted octanol–water partition coefficient (Wildman–Crippen LogP) is 1.83. The van der Waals surface area contributed by atoms with Gasteiger partial charge in [-0.2, -0.15) is 0 Å². The van der Waals surface area contributed by atoms with Gasteiger partial charge < -0.3 is 20.1 Å². The highest BCUT2D eigenvalue weighted by atomic mass is 79.9. The average Bonchev–Trinajstić information content (AvgIpc) is 2.50. The molecule has 1 rings (SSSR count). The van der Waals surface area contributed by atoms with Crippen molar-refractivity contribution < 1.29 is 19.1 Å². The molecule has 1 amide bonds. The SMILES string of the molecule is COCCNCC(=O)NC(CC(=O)OC)c1cccc(Br)c1.Cl. The lowest BCUT2D eigenvalue weighted by Gasteiger charge is -2.18. The number of hydrogen-bond donors (Lipinski definition) is 2. The molecule has 0 bridgehead atoms. The minimum Gasteiger partial charge on any atom is -0.469 e. The molecule has 0 saturated carbocycles. The van der Waals surface area contributed by atoms with Gasteiger partial charge in [-0.25, -0.2) is 0 Å². The Morgan fingerprint density at radius 2 is 2.04 bits per heavy atom. The van der Waals surface area contributed by atoms with E-state index in [0.717, 1.165) is 10.0 Å². The highest BCUT2D eigenvalue weighted by Crippen LogP contribution is 2.21. The maximum Gasteiger partial charge on any atom is 0.307 e. The third kappa shape index (κ3) is 8.90. The van der Waals surface area contributed by atoms with Crippen molar-refractivity contribution in [2.45, 2.75) is 12.5 Å². The van der Waals surface area contributed by atoms with Gasteiger partial charge in [-0.15, -0.1) is 12.4 Å². The van der Waals surface area contributed by atoms with E-state index in [1.165, 1.54) is 7.11 Å². The fraction of sp³-hybridized carbons (Fsp3) is 0.467. The van der Waals surface area contributed by atoms with E-state index in [9.17, 15) is 9.59 Å². The van der Waals surface area contributed by atoms with Gasteiger partial charge in [-0.1, -0.05) is 28.1 Å². The van der Waals surface area contributed by atoms with Crippen molar-refractivity contribution in [3.05, 3.63) is 34.3 Å². The molecule has 130 valence electrons. The van der Waals surface area contributed by atoms with E-state index >= 15 is 0 Å². The molecule has 0 spiro atoms. The van der Waals surface area contributed by atoms with E-state index in [-0.39, 0.29) is 37.2 Å². The molecular weight excluding hydrogens is 388 g/mol. The molecule has 8 heteroatoms. The maximum absolute atomic E-state index is 12.0. The molecule has 23 heavy (non-hydrogen) atoms. The van der Waals surface area contributed by atoms with Crippen LogP contribution in [0.1, 0.15) is 18.0 Å². The zero-order chi connectivity index (χ0) is 16.4. The Kier molecular flexibility index (Phi) is 11.7. The first kappa shape index (κ1) is 21.9. The van der Waals surface area contributed by atoms with Crippen LogP contribution < -0.4 is 10.6 Å². The minimum absolute atomic E-state index is 0. The van der Waals surface area contributed by atoms with Crippen molar-refractivity contribution in [3.63, 3.8) is 0 Å². The molecule has 0 radical (unpaired) electrons. The molecule has 0 saturated heterocycles. The second-order valence-corrected chi connectivity index (χ2v) is 5.54. The van der Waals surface area contributed by atoms with Crippen LogP contribution in [-0.4, -0.2) is 45.8 Å². The quantitative estimate of drug-likeness (QED) is 0.481. The van der Waals surface area contributed by atoms with Crippen LogP contribution >= 0.6 is 28.3 Å². The first-order valence-corrected chi connectivity index (χ1v) is 7.67. The lowest BCUT2D eigenvalue weighted by atomic mass is 10.0. The van der Waals surface area contributed by atoms with Crippen LogP contribution in [0.15, 0.2) is 28.7 Å². The molecule has 1 aromatic carbocycles. The van der Waals surface area contributed by atoms with E-state index in [1.54, 1.807) is 7.11 Å². The molecule has 6 nitrogen and oxygen atoms in total. The van der Waals surface area contributed by atoms with Crippen LogP contribution in [0.4, 0.5) is 0 Å². The Balaban J connectivity index is 0.00000484. The number of ether oxygens (including phenoxy) is 2. The lowest BCUT2D eigenvalue weighted by molar-refractivity contribution is -0.141. The van der Waals surface area contributed by atoms with Gasteiger partial charge in [0.1, 0.15) is 0 Å². The Hall–Kier alpha value is -1.15. The third-order valence-corrected chi connectivity index (χ3v) is 3.45. The van der Waals surface area contributed by atoms with Gasteiger partial charge in [0.2, 0.25) is 5.91 Å². The Bertz CT molecular complexity index is 502. The number of halogens is 2. The predicted molar refractivity (Wildman–Crippen MR) is 93.7 cm³/mol. The summed E-state index contributed by atoms with van der Waals surface area (Å²) in [5, 5.41) is 5.80. The zero-order valence-electron chi connectivity index (χ0n) is 13.1. The van der Waals surface area contributed by atoms with Gasteiger partial charge in [0.25, 0.3) is 0 Å². The smallest absolute Gasteiger partial charge is 0.307 e. The second-order valence-electron chi connectivity index (χ2n) is 4.62. The molecule has 0 aliphatic rings. The highest BCUT2D eigenvalue weighted by Gasteiger charge is 2.19. The molecular formula is C15H22BrClN2O4. The van der Waals surface area contributed by atoms with Crippen molar-refractivity contribution in [2.75, 3.05) is 33.9 Å². The van der Waals surface area contributed by atoms with Crippen LogP contribution in [0.3, 0.4) is 0 Å². The third-order valence-electron chi connectivity index (χ3n) is 2.95. The Labute approximate surface area is 150 Å². The fourth-order valence-corrected chi connectivity index (χ4v) is 2.26. The maximum atomic E-state index is 12.0. The van der Waals surface area contributed by atoms with Gasteiger partial charge in [0.05, 0.1) is 32.7 Å². The van der Waals surface area contributed by atoms with E-state index in [0.29, 0.717) is 13.2 Å². The summed E-state index contributed by atoms with van der Waals surface area (Å²) in [5.41, 5.74) is 0.838. The number of carbonyl (C=O) groups excluding carboxylic acids is 2. The summed E-state index contributed by atoms with van der Waals surface area (Å²) in [6.45, 7) is 1.28. The molecule has 1 aromatic rings. The van der Waals surface area contributed by atoms with Crippen molar-refractivity contribution in [1.82, 2.24) is 10.6 Å². The molecule has 1 unspecified atom stereocenters.